The molecular formula is C16H15Cl2NO5S. The van der Waals surface area contributed by atoms with Crippen LogP contribution in [0.15, 0.2) is 41.3 Å². The van der Waals surface area contributed by atoms with Crippen molar-refractivity contribution in [3.8, 4) is 5.75 Å². The number of para-hydroxylation sites is 1. The summed E-state index contributed by atoms with van der Waals surface area (Å²) in [5.74, 6) is -1.09. The molecule has 0 aliphatic heterocycles. The molecule has 134 valence electrons. The molecule has 2 aromatic rings. The number of benzene rings is 2. The van der Waals surface area contributed by atoms with Gasteiger partial charge in [0.05, 0.1) is 17.8 Å². The monoisotopic (exact) mass is 403 g/mol. The normalized spacial score (nSPS) is 11.2. The maximum atomic E-state index is 13.1. The highest BCUT2D eigenvalue weighted by molar-refractivity contribution is 7.93. The molecule has 0 spiro atoms. The summed E-state index contributed by atoms with van der Waals surface area (Å²) in [5, 5.41) is 8.87. The first-order chi connectivity index (χ1) is 11.7. The second-order valence-corrected chi connectivity index (χ2v) is 7.67. The van der Waals surface area contributed by atoms with E-state index in [0.717, 1.165) is 4.31 Å². The van der Waals surface area contributed by atoms with Gasteiger partial charge in [0.25, 0.3) is 10.0 Å². The van der Waals surface area contributed by atoms with Crippen molar-refractivity contribution in [2.45, 2.75) is 11.8 Å². The van der Waals surface area contributed by atoms with Crippen molar-refractivity contribution in [1.29, 1.82) is 0 Å². The van der Waals surface area contributed by atoms with Gasteiger partial charge in [-0.2, -0.15) is 0 Å². The van der Waals surface area contributed by atoms with E-state index in [4.69, 9.17) is 33.0 Å². The zero-order chi connectivity index (χ0) is 18.8. The van der Waals surface area contributed by atoms with Crippen LogP contribution in [0.1, 0.15) is 5.56 Å². The fraction of sp³-hybridized carbons (Fsp3) is 0.188. The summed E-state index contributed by atoms with van der Waals surface area (Å²) in [5.41, 5.74) is 0.843. The lowest BCUT2D eigenvalue weighted by molar-refractivity contribution is -0.135. The van der Waals surface area contributed by atoms with Gasteiger partial charge >= 0.3 is 5.97 Å². The van der Waals surface area contributed by atoms with Crippen LogP contribution in [0.25, 0.3) is 0 Å². The molecule has 0 aliphatic rings. The number of carboxylic acids is 1. The predicted octanol–water partition coefficient (Wildman–Crippen LogP) is 3.59. The number of aliphatic carboxylic acids is 1. The fourth-order valence-corrected chi connectivity index (χ4v) is 4.55. The highest BCUT2D eigenvalue weighted by Crippen LogP contribution is 2.38. The largest absolute Gasteiger partial charge is 0.495 e. The van der Waals surface area contributed by atoms with E-state index >= 15 is 0 Å². The van der Waals surface area contributed by atoms with E-state index in [2.05, 4.69) is 0 Å². The number of methoxy groups -OCH3 is 1. The van der Waals surface area contributed by atoms with Crippen molar-refractivity contribution >= 4 is 44.9 Å². The quantitative estimate of drug-likeness (QED) is 0.796. The molecule has 0 bridgehead atoms. The minimum atomic E-state index is -4.27. The van der Waals surface area contributed by atoms with Crippen molar-refractivity contribution in [3.63, 3.8) is 0 Å². The number of aryl methyl sites for hydroxylation is 1. The molecule has 2 rings (SSSR count). The third-order valence-corrected chi connectivity index (χ3v) is 6.24. The Hall–Kier alpha value is -1.96. The molecule has 0 radical (unpaired) electrons. The first-order valence-corrected chi connectivity index (χ1v) is 9.22. The molecule has 0 fully saturated rings. The Morgan fingerprint density at radius 3 is 2.36 bits per heavy atom. The van der Waals surface area contributed by atoms with Crippen molar-refractivity contribution in [2.75, 3.05) is 18.0 Å². The Morgan fingerprint density at radius 2 is 1.80 bits per heavy atom. The number of carbonyl (C=O) groups is 1. The zero-order valence-electron chi connectivity index (χ0n) is 13.4. The third-order valence-electron chi connectivity index (χ3n) is 3.46. The molecule has 0 aliphatic carbocycles. The van der Waals surface area contributed by atoms with Crippen molar-refractivity contribution in [3.05, 3.63) is 52.0 Å². The number of halogens is 2. The second kappa shape index (κ2) is 7.51. The van der Waals surface area contributed by atoms with Crippen LogP contribution in [0.5, 0.6) is 5.75 Å². The van der Waals surface area contributed by atoms with Crippen molar-refractivity contribution < 1.29 is 23.1 Å². The summed E-state index contributed by atoms with van der Waals surface area (Å²) in [6, 6.07) is 9.14. The van der Waals surface area contributed by atoms with Crippen LogP contribution in [0.2, 0.25) is 10.0 Å². The summed E-state index contributed by atoms with van der Waals surface area (Å²) < 4.78 is 31.9. The van der Waals surface area contributed by atoms with E-state index < -0.39 is 22.5 Å². The summed E-state index contributed by atoms with van der Waals surface area (Å²) >= 11 is 12.1. The maximum absolute atomic E-state index is 13.1. The average Bonchev–Trinajstić information content (AvgIpc) is 2.55. The maximum Gasteiger partial charge on any atom is 0.324 e. The molecule has 0 saturated carbocycles. The number of carboxylic acid groups (broad SMARTS) is 1. The summed E-state index contributed by atoms with van der Waals surface area (Å²) in [6.45, 7) is 0.926. The van der Waals surface area contributed by atoms with Gasteiger partial charge in [0.2, 0.25) is 0 Å². The predicted molar refractivity (Wildman–Crippen MR) is 96.4 cm³/mol. The van der Waals surface area contributed by atoms with Crippen LogP contribution in [0.3, 0.4) is 0 Å². The Morgan fingerprint density at radius 1 is 1.16 bits per heavy atom. The van der Waals surface area contributed by atoms with Gasteiger partial charge in [0, 0.05) is 0 Å². The molecule has 6 nitrogen and oxygen atoms in total. The molecule has 2 aromatic carbocycles. The Bertz CT molecular complexity index is 915. The third kappa shape index (κ3) is 3.84. The topological polar surface area (TPSA) is 83.9 Å². The number of rotatable bonds is 6. The van der Waals surface area contributed by atoms with Gasteiger partial charge in [-0.3, -0.25) is 9.10 Å². The molecule has 0 atom stereocenters. The Kier molecular flexibility index (Phi) is 5.82. The van der Waals surface area contributed by atoms with E-state index in [1.54, 1.807) is 25.1 Å². The van der Waals surface area contributed by atoms with Gasteiger partial charge in [-0.1, -0.05) is 41.4 Å². The second-order valence-electron chi connectivity index (χ2n) is 5.09. The van der Waals surface area contributed by atoms with Gasteiger partial charge < -0.3 is 9.84 Å². The molecule has 0 amide bonds. The van der Waals surface area contributed by atoms with E-state index in [0.29, 0.717) is 5.56 Å². The molecule has 25 heavy (non-hydrogen) atoms. The Labute approximate surface area is 155 Å². The standard InChI is InChI=1S/C16H15Cl2NO5S/c1-10-5-3-4-6-11(10)19(9-14(20)21)25(22,23)13-8-7-12(24-2)15(17)16(13)18/h3-8H,9H2,1-2H3,(H,20,21). The fourth-order valence-electron chi connectivity index (χ4n) is 2.26. The summed E-state index contributed by atoms with van der Waals surface area (Å²) in [4.78, 5) is 10.9. The molecule has 0 saturated heterocycles. The van der Waals surface area contributed by atoms with Gasteiger partial charge in [-0.15, -0.1) is 0 Å². The number of sulfonamides is 1. The smallest absolute Gasteiger partial charge is 0.324 e. The SMILES string of the molecule is COc1ccc(S(=O)(=O)N(CC(=O)O)c2ccccc2C)c(Cl)c1Cl. The van der Waals surface area contributed by atoms with Crippen molar-refractivity contribution in [1.82, 2.24) is 0 Å². The van der Waals surface area contributed by atoms with Crippen LogP contribution >= 0.6 is 23.2 Å². The molecule has 0 heterocycles. The van der Waals surface area contributed by atoms with Gasteiger partial charge in [0.15, 0.2) is 0 Å². The van der Waals surface area contributed by atoms with Crippen LogP contribution in [-0.2, 0) is 14.8 Å². The summed E-state index contributed by atoms with van der Waals surface area (Å²) in [7, 11) is -2.90. The lowest BCUT2D eigenvalue weighted by Crippen LogP contribution is -2.36. The van der Waals surface area contributed by atoms with Gasteiger partial charge in [-0.05, 0) is 30.7 Å². The van der Waals surface area contributed by atoms with Gasteiger partial charge in [-0.25, -0.2) is 8.42 Å². The number of hydrogen-bond donors (Lipinski definition) is 1. The molecular weight excluding hydrogens is 389 g/mol. The first kappa shape index (κ1) is 19.4. The number of hydrogen-bond acceptors (Lipinski definition) is 4. The highest BCUT2D eigenvalue weighted by Gasteiger charge is 2.31. The van der Waals surface area contributed by atoms with E-state index in [1.165, 1.54) is 25.3 Å². The first-order valence-electron chi connectivity index (χ1n) is 7.02. The van der Waals surface area contributed by atoms with Crippen LogP contribution in [0, 0.1) is 6.92 Å². The van der Waals surface area contributed by atoms with E-state index in [9.17, 15) is 13.2 Å². The van der Waals surface area contributed by atoms with Crippen LogP contribution in [-0.4, -0.2) is 33.1 Å². The molecule has 9 heteroatoms. The lowest BCUT2D eigenvalue weighted by atomic mass is 10.2. The van der Waals surface area contributed by atoms with E-state index in [-0.39, 0.29) is 26.4 Å². The summed E-state index contributed by atoms with van der Waals surface area (Å²) in [6.07, 6.45) is 0. The molecule has 1 N–H and O–H groups in total. The Balaban J connectivity index is 2.66. The lowest BCUT2D eigenvalue weighted by Gasteiger charge is -2.25. The molecule has 0 aromatic heterocycles. The average molecular weight is 404 g/mol. The highest BCUT2D eigenvalue weighted by atomic mass is 35.5. The number of anilines is 1. The minimum Gasteiger partial charge on any atom is -0.495 e. The zero-order valence-corrected chi connectivity index (χ0v) is 15.7. The van der Waals surface area contributed by atoms with E-state index in [1.807, 2.05) is 0 Å². The number of nitrogens with zero attached hydrogens (tertiary/aromatic N) is 1. The number of ether oxygens (including phenoxy) is 1. The molecule has 0 unspecified atom stereocenters. The van der Waals surface area contributed by atoms with Gasteiger partial charge in [0.1, 0.15) is 22.2 Å². The van der Waals surface area contributed by atoms with Crippen LogP contribution < -0.4 is 9.04 Å². The minimum absolute atomic E-state index is 0.0645. The van der Waals surface area contributed by atoms with Crippen LogP contribution in [0.4, 0.5) is 5.69 Å². The van der Waals surface area contributed by atoms with Crippen molar-refractivity contribution in [2.24, 2.45) is 0 Å².